The minimum atomic E-state index is -0.285. The van der Waals surface area contributed by atoms with Gasteiger partial charge in [0.25, 0.3) is 5.91 Å². The molecule has 0 unspecified atom stereocenters. The van der Waals surface area contributed by atoms with Crippen LogP contribution in [0.2, 0.25) is 5.02 Å². The number of carbonyl (C=O) groups excluding carboxylic acids is 1. The zero-order valence-electron chi connectivity index (χ0n) is 15.2. The third kappa shape index (κ3) is 3.68. The summed E-state index contributed by atoms with van der Waals surface area (Å²) in [4.78, 5) is 17.2. The fourth-order valence-corrected chi connectivity index (χ4v) is 3.66. The minimum Gasteiger partial charge on any atom is -0.436 e. The SMILES string of the molecule is Cc1cc(C)c2oc(-c3cccc(NC(=O)c4cc(Br)ccc4Cl)c3)nc2c1. The Balaban J connectivity index is 1.66. The molecule has 1 amide bonds. The number of halogens is 2. The summed E-state index contributed by atoms with van der Waals surface area (Å²) in [6, 6.07) is 16.6. The Bertz CT molecular complexity index is 1220. The molecule has 0 bridgehead atoms. The van der Waals surface area contributed by atoms with Gasteiger partial charge in [-0.05, 0) is 67.4 Å². The fraction of sp³-hybridized carbons (Fsp3) is 0.0909. The van der Waals surface area contributed by atoms with Crippen LogP contribution in [-0.2, 0) is 0 Å². The number of carbonyl (C=O) groups is 1. The van der Waals surface area contributed by atoms with Crippen molar-refractivity contribution >= 4 is 50.2 Å². The normalized spacial score (nSPS) is 11.0. The summed E-state index contributed by atoms with van der Waals surface area (Å²) in [5.41, 5.74) is 5.59. The van der Waals surface area contributed by atoms with Crippen molar-refractivity contribution in [1.82, 2.24) is 4.98 Å². The second-order valence-electron chi connectivity index (χ2n) is 6.61. The van der Waals surface area contributed by atoms with Crippen molar-refractivity contribution < 1.29 is 9.21 Å². The summed E-state index contributed by atoms with van der Waals surface area (Å²) >= 11 is 9.51. The maximum absolute atomic E-state index is 12.6. The molecule has 1 heterocycles. The molecule has 3 aromatic carbocycles. The smallest absolute Gasteiger partial charge is 0.257 e. The molecule has 140 valence electrons. The summed E-state index contributed by atoms with van der Waals surface area (Å²) in [6.07, 6.45) is 0. The van der Waals surface area contributed by atoms with E-state index in [9.17, 15) is 4.79 Å². The quantitative estimate of drug-likeness (QED) is 0.370. The minimum absolute atomic E-state index is 0.285. The van der Waals surface area contributed by atoms with Crippen molar-refractivity contribution in [2.24, 2.45) is 0 Å². The Hall–Kier alpha value is -2.63. The number of hydrogen-bond donors (Lipinski definition) is 1. The van der Waals surface area contributed by atoms with Crippen LogP contribution >= 0.6 is 27.5 Å². The number of aryl methyl sites for hydroxylation is 2. The lowest BCUT2D eigenvalue weighted by Gasteiger charge is -2.08. The molecule has 0 spiro atoms. The van der Waals surface area contributed by atoms with E-state index in [1.807, 2.05) is 44.2 Å². The van der Waals surface area contributed by atoms with Crippen LogP contribution in [0.15, 0.2) is 63.5 Å². The lowest BCUT2D eigenvalue weighted by molar-refractivity contribution is 0.102. The molecule has 0 atom stereocenters. The van der Waals surface area contributed by atoms with E-state index < -0.39 is 0 Å². The molecule has 4 aromatic rings. The van der Waals surface area contributed by atoms with E-state index in [-0.39, 0.29) is 5.91 Å². The average Bonchev–Trinajstić information content (AvgIpc) is 3.08. The first-order valence-corrected chi connectivity index (χ1v) is 9.82. The first kappa shape index (κ1) is 18.7. The van der Waals surface area contributed by atoms with Crippen LogP contribution in [0.1, 0.15) is 21.5 Å². The highest BCUT2D eigenvalue weighted by Crippen LogP contribution is 2.29. The number of benzene rings is 3. The van der Waals surface area contributed by atoms with Crippen molar-refractivity contribution in [3.63, 3.8) is 0 Å². The highest BCUT2D eigenvalue weighted by molar-refractivity contribution is 9.10. The summed E-state index contributed by atoms with van der Waals surface area (Å²) in [5, 5.41) is 3.27. The Kier molecular flexibility index (Phi) is 4.96. The summed E-state index contributed by atoms with van der Waals surface area (Å²) < 4.78 is 6.75. The molecule has 0 radical (unpaired) electrons. The Morgan fingerprint density at radius 1 is 1.11 bits per heavy atom. The van der Waals surface area contributed by atoms with E-state index in [4.69, 9.17) is 16.0 Å². The van der Waals surface area contributed by atoms with E-state index in [0.717, 1.165) is 32.3 Å². The van der Waals surface area contributed by atoms with Crippen LogP contribution in [0.5, 0.6) is 0 Å². The van der Waals surface area contributed by atoms with Crippen molar-refractivity contribution in [2.45, 2.75) is 13.8 Å². The van der Waals surface area contributed by atoms with E-state index in [1.54, 1.807) is 18.2 Å². The first-order chi connectivity index (χ1) is 13.4. The van der Waals surface area contributed by atoms with Gasteiger partial charge in [-0.2, -0.15) is 0 Å². The van der Waals surface area contributed by atoms with E-state index in [1.165, 1.54) is 0 Å². The number of amides is 1. The number of hydrogen-bond acceptors (Lipinski definition) is 3. The van der Waals surface area contributed by atoms with Gasteiger partial charge < -0.3 is 9.73 Å². The zero-order valence-corrected chi connectivity index (χ0v) is 17.6. The Morgan fingerprint density at radius 3 is 2.75 bits per heavy atom. The van der Waals surface area contributed by atoms with Gasteiger partial charge in [0.05, 0.1) is 10.6 Å². The number of anilines is 1. The predicted molar refractivity (Wildman–Crippen MR) is 116 cm³/mol. The number of nitrogens with zero attached hydrogens (tertiary/aromatic N) is 1. The fourth-order valence-electron chi connectivity index (χ4n) is 3.10. The van der Waals surface area contributed by atoms with Gasteiger partial charge in [-0.1, -0.05) is 39.7 Å². The predicted octanol–water partition coefficient (Wildman–Crippen LogP) is 6.78. The van der Waals surface area contributed by atoms with Crippen LogP contribution < -0.4 is 5.32 Å². The van der Waals surface area contributed by atoms with Gasteiger partial charge >= 0.3 is 0 Å². The van der Waals surface area contributed by atoms with Crippen LogP contribution in [0.4, 0.5) is 5.69 Å². The highest BCUT2D eigenvalue weighted by Gasteiger charge is 2.14. The van der Waals surface area contributed by atoms with Gasteiger partial charge in [0.2, 0.25) is 5.89 Å². The van der Waals surface area contributed by atoms with Crippen LogP contribution in [0.3, 0.4) is 0 Å². The van der Waals surface area contributed by atoms with Crippen molar-refractivity contribution in [1.29, 1.82) is 0 Å². The van der Waals surface area contributed by atoms with E-state index >= 15 is 0 Å². The van der Waals surface area contributed by atoms with E-state index in [2.05, 4.69) is 32.3 Å². The number of aromatic nitrogens is 1. The summed E-state index contributed by atoms with van der Waals surface area (Å²) in [7, 11) is 0. The topological polar surface area (TPSA) is 55.1 Å². The zero-order chi connectivity index (χ0) is 19.8. The highest BCUT2D eigenvalue weighted by atomic mass is 79.9. The van der Waals surface area contributed by atoms with Crippen molar-refractivity contribution in [2.75, 3.05) is 5.32 Å². The van der Waals surface area contributed by atoms with Gasteiger partial charge in [0.1, 0.15) is 5.52 Å². The molecular weight excluding hydrogens is 440 g/mol. The first-order valence-electron chi connectivity index (χ1n) is 8.65. The molecule has 4 rings (SSSR count). The molecule has 0 aliphatic heterocycles. The second-order valence-corrected chi connectivity index (χ2v) is 7.93. The molecule has 0 fully saturated rings. The summed E-state index contributed by atoms with van der Waals surface area (Å²) in [5.74, 6) is 0.229. The monoisotopic (exact) mass is 454 g/mol. The molecule has 4 nitrogen and oxygen atoms in total. The van der Waals surface area contributed by atoms with Crippen LogP contribution in [0, 0.1) is 13.8 Å². The third-order valence-electron chi connectivity index (χ3n) is 4.36. The van der Waals surface area contributed by atoms with Gasteiger partial charge in [0, 0.05) is 15.7 Å². The lowest BCUT2D eigenvalue weighted by Crippen LogP contribution is -2.12. The summed E-state index contributed by atoms with van der Waals surface area (Å²) in [6.45, 7) is 4.03. The van der Waals surface area contributed by atoms with Crippen LogP contribution in [0.25, 0.3) is 22.6 Å². The number of oxazole rings is 1. The average molecular weight is 456 g/mol. The largest absolute Gasteiger partial charge is 0.436 e. The molecule has 0 aliphatic rings. The second kappa shape index (κ2) is 7.41. The third-order valence-corrected chi connectivity index (χ3v) is 5.18. The van der Waals surface area contributed by atoms with E-state index in [0.29, 0.717) is 22.2 Å². The molecule has 0 saturated heterocycles. The molecule has 0 saturated carbocycles. The molecule has 0 aliphatic carbocycles. The van der Waals surface area contributed by atoms with Gasteiger partial charge in [0.15, 0.2) is 5.58 Å². The van der Waals surface area contributed by atoms with Crippen molar-refractivity contribution in [3.8, 4) is 11.5 Å². The molecular formula is C22H16BrClN2O2. The lowest BCUT2D eigenvalue weighted by atomic mass is 10.1. The number of fused-ring (bicyclic) bond motifs is 1. The molecule has 28 heavy (non-hydrogen) atoms. The van der Waals surface area contributed by atoms with Crippen molar-refractivity contribution in [3.05, 3.63) is 80.8 Å². The molecule has 6 heteroatoms. The van der Waals surface area contributed by atoms with Gasteiger partial charge in [-0.3, -0.25) is 4.79 Å². The van der Waals surface area contributed by atoms with Gasteiger partial charge in [-0.15, -0.1) is 0 Å². The van der Waals surface area contributed by atoms with Gasteiger partial charge in [-0.25, -0.2) is 4.98 Å². The number of nitrogens with one attached hydrogen (secondary N) is 1. The Morgan fingerprint density at radius 2 is 1.93 bits per heavy atom. The molecule has 1 N–H and O–H groups in total. The Labute approximate surface area is 175 Å². The maximum Gasteiger partial charge on any atom is 0.257 e. The standard InChI is InChI=1S/C22H16BrClN2O2/c1-12-8-13(2)20-19(9-12)26-22(28-20)14-4-3-5-16(10-14)25-21(27)17-11-15(23)6-7-18(17)24/h3-11H,1-2H3,(H,25,27). The van der Waals surface area contributed by atoms with Crippen LogP contribution in [-0.4, -0.2) is 10.9 Å². The molecule has 1 aromatic heterocycles. The maximum atomic E-state index is 12.6. The number of rotatable bonds is 3.